The maximum absolute atomic E-state index is 5.93. The number of halogens is 2. The van der Waals surface area contributed by atoms with Crippen molar-refractivity contribution in [2.45, 2.75) is 0 Å². The zero-order chi connectivity index (χ0) is 13.9. The highest BCUT2D eigenvalue weighted by Crippen LogP contribution is 2.27. The topological polar surface area (TPSA) is 45.2 Å². The molecule has 0 unspecified atom stereocenters. The van der Waals surface area contributed by atoms with Crippen LogP contribution in [-0.4, -0.2) is 41.1 Å². The predicted octanol–water partition coefficient (Wildman–Crippen LogP) is 2.61. The average molecular weight is 355 g/mol. The van der Waals surface area contributed by atoms with Gasteiger partial charge in [-0.15, -0.1) is 0 Å². The Bertz CT molecular complexity index is 587. The van der Waals surface area contributed by atoms with Crippen molar-refractivity contribution in [3.05, 3.63) is 40.3 Å². The lowest BCUT2D eigenvalue weighted by atomic mass is 10.3. The Morgan fingerprint density at radius 3 is 2.50 bits per heavy atom. The maximum Gasteiger partial charge on any atom is 0.143 e. The summed E-state index contributed by atoms with van der Waals surface area (Å²) in [6.07, 6.45) is 5.03. The van der Waals surface area contributed by atoms with Crippen molar-refractivity contribution in [3.8, 4) is 0 Å². The van der Waals surface area contributed by atoms with Crippen LogP contribution in [0.1, 0.15) is 0 Å². The number of rotatable bonds is 2. The zero-order valence-corrected chi connectivity index (χ0v) is 13.0. The Kier molecular flexibility index (Phi) is 4.03. The van der Waals surface area contributed by atoms with E-state index in [1.165, 1.54) is 0 Å². The molecule has 3 heterocycles. The number of nitrogens with zero attached hydrogens (tertiary/aromatic N) is 5. The van der Waals surface area contributed by atoms with Crippen LogP contribution in [0.15, 0.2) is 35.3 Å². The second kappa shape index (κ2) is 5.93. The molecule has 0 radical (unpaired) electrons. The lowest BCUT2D eigenvalue weighted by Gasteiger charge is -2.36. The van der Waals surface area contributed by atoms with Crippen LogP contribution in [0.2, 0.25) is 5.02 Å². The summed E-state index contributed by atoms with van der Waals surface area (Å²) in [5.41, 5.74) is 0. The van der Waals surface area contributed by atoms with Crippen LogP contribution in [0.4, 0.5) is 11.6 Å². The molecule has 0 amide bonds. The minimum atomic E-state index is 0.639. The van der Waals surface area contributed by atoms with Crippen LogP contribution < -0.4 is 9.80 Å². The molecule has 3 rings (SSSR count). The fourth-order valence-electron chi connectivity index (χ4n) is 2.26. The Morgan fingerprint density at radius 2 is 1.85 bits per heavy atom. The highest BCUT2D eigenvalue weighted by atomic mass is 79.9. The summed E-state index contributed by atoms with van der Waals surface area (Å²) in [6, 6.07) is 3.81. The van der Waals surface area contributed by atoms with Crippen molar-refractivity contribution in [1.82, 2.24) is 15.0 Å². The Hall–Kier alpha value is -1.40. The molecule has 0 spiro atoms. The molecule has 1 saturated heterocycles. The van der Waals surface area contributed by atoms with Gasteiger partial charge in [0.2, 0.25) is 0 Å². The van der Waals surface area contributed by atoms with Gasteiger partial charge in [-0.05, 0) is 28.1 Å². The fraction of sp³-hybridized carbons (Fsp3) is 0.308. The molecule has 0 N–H and O–H groups in total. The SMILES string of the molecule is Clc1cnc(N2CCN(c3ccncn3)CC2)c(Br)c1. The molecule has 0 atom stereocenters. The van der Waals surface area contributed by atoms with Gasteiger partial charge in [0, 0.05) is 38.6 Å². The summed E-state index contributed by atoms with van der Waals surface area (Å²) >= 11 is 9.45. The van der Waals surface area contributed by atoms with E-state index < -0.39 is 0 Å². The number of hydrogen-bond donors (Lipinski definition) is 0. The van der Waals surface area contributed by atoms with E-state index in [0.29, 0.717) is 5.02 Å². The lowest BCUT2D eigenvalue weighted by Crippen LogP contribution is -2.47. The quantitative estimate of drug-likeness (QED) is 0.829. The highest BCUT2D eigenvalue weighted by molar-refractivity contribution is 9.10. The molecule has 7 heteroatoms. The minimum Gasteiger partial charge on any atom is -0.353 e. The van der Waals surface area contributed by atoms with E-state index in [2.05, 4.69) is 40.7 Å². The van der Waals surface area contributed by atoms with Gasteiger partial charge in [-0.25, -0.2) is 15.0 Å². The van der Waals surface area contributed by atoms with E-state index in [1.54, 1.807) is 18.7 Å². The zero-order valence-electron chi connectivity index (χ0n) is 10.7. The first-order valence-corrected chi connectivity index (χ1v) is 7.48. The second-order valence-corrected chi connectivity index (χ2v) is 5.79. The van der Waals surface area contributed by atoms with Crippen molar-refractivity contribution in [1.29, 1.82) is 0 Å². The molecule has 2 aromatic rings. The van der Waals surface area contributed by atoms with Crippen LogP contribution in [-0.2, 0) is 0 Å². The Morgan fingerprint density at radius 1 is 1.10 bits per heavy atom. The first-order valence-electron chi connectivity index (χ1n) is 6.31. The van der Waals surface area contributed by atoms with Gasteiger partial charge in [0.1, 0.15) is 18.0 Å². The molecule has 0 aliphatic carbocycles. The largest absolute Gasteiger partial charge is 0.353 e. The highest BCUT2D eigenvalue weighted by Gasteiger charge is 2.20. The van der Waals surface area contributed by atoms with Crippen LogP contribution in [0.25, 0.3) is 0 Å². The molecule has 20 heavy (non-hydrogen) atoms. The third-order valence-electron chi connectivity index (χ3n) is 3.26. The fourth-order valence-corrected chi connectivity index (χ4v) is 3.15. The molecule has 1 aliphatic heterocycles. The molecular formula is C13H13BrClN5. The van der Waals surface area contributed by atoms with Gasteiger partial charge < -0.3 is 9.80 Å². The molecule has 1 fully saturated rings. The number of hydrogen-bond acceptors (Lipinski definition) is 5. The second-order valence-electron chi connectivity index (χ2n) is 4.50. The van der Waals surface area contributed by atoms with Gasteiger partial charge in [-0.3, -0.25) is 0 Å². The van der Waals surface area contributed by atoms with E-state index in [0.717, 1.165) is 42.3 Å². The van der Waals surface area contributed by atoms with Crippen molar-refractivity contribution >= 4 is 39.2 Å². The summed E-state index contributed by atoms with van der Waals surface area (Å²) in [5.74, 6) is 1.92. The van der Waals surface area contributed by atoms with E-state index in [-0.39, 0.29) is 0 Å². The van der Waals surface area contributed by atoms with Crippen molar-refractivity contribution in [2.24, 2.45) is 0 Å². The third kappa shape index (κ3) is 2.86. The van der Waals surface area contributed by atoms with Gasteiger partial charge in [-0.1, -0.05) is 11.6 Å². The van der Waals surface area contributed by atoms with Gasteiger partial charge in [0.15, 0.2) is 0 Å². The first-order chi connectivity index (χ1) is 9.74. The van der Waals surface area contributed by atoms with Gasteiger partial charge in [0.05, 0.1) is 9.50 Å². The first kappa shape index (κ1) is 13.6. The number of piperazine rings is 1. The average Bonchev–Trinajstić information content (AvgIpc) is 2.48. The van der Waals surface area contributed by atoms with Gasteiger partial charge >= 0.3 is 0 Å². The summed E-state index contributed by atoms with van der Waals surface area (Å²) in [7, 11) is 0. The molecule has 0 saturated carbocycles. The van der Waals surface area contributed by atoms with Crippen molar-refractivity contribution in [3.63, 3.8) is 0 Å². The molecule has 2 aromatic heterocycles. The van der Waals surface area contributed by atoms with E-state index >= 15 is 0 Å². The monoisotopic (exact) mass is 353 g/mol. The van der Waals surface area contributed by atoms with E-state index in [9.17, 15) is 0 Å². The van der Waals surface area contributed by atoms with Gasteiger partial charge in [-0.2, -0.15) is 0 Å². The summed E-state index contributed by atoms with van der Waals surface area (Å²) in [4.78, 5) is 17.1. The van der Waals surface area contributed by atoms with Crippen LogP contribution in [0.5, 0.6) is 0 Å². The smallest absolute Gasteiger partial charge is 0.143 e. The summed E-state index contributed by atoms with van der Waals surface area (Å²) in [6.45, 7) is 3.62. The Balaban J connectivity index is 1.69. The number of pyridine rings is 1. The predicted molar refractivity (Wildman–Crippen MR) is 83.4 cm³/mol. The van der Waals surface area contributed by atoms with E-state index in [4.69, 9.17) is 11.6 Å². The summed E-state index contributed by atoms with van der Waals surface area (Å²) < 4.78 is 0.931. The number of aromatic nitrogens is 3. The van der Waals surface area contributed by atoms with Crippen molar-refractivity contribution < 1.29 is 0 Å². The Labute approximate surface area is 130 Å². The van der Waals surface area contributed by atoms with Crippen LogP contribution in [0, 0.1) is 0 Å². The normalized spacial score (nSPS) is 15.5. The van der Waals surface area contributed by atoms with Crippen LogP contribution in [0.3, 0.4) is 0 Å². The molecule has 0 aromatic carbocycles. The maximum atomic E-state index is 5.93. The number of anilines is 2. The molecule has 0 bridgehead atoms. The molecule has 5 nitrogen and oxygen atoms in total. The minimum absolute atomic E-state index is 0.639. The van der Waals surface area contributed by atoms with Crippen LogP contribution >= 0.6 is 27.5 Å². The van der Waals surface area contributed by atoms with Gasteiger partial charge in [0.25, 0.3) is 0 Å². The lowest BCUT2D eigenvalue weighted by molar-refractivity contribution is 0.640. The summed E-state index contributed by atoms with van der Waals surface area (Å²) in [5, 5.41) is 0.639. The standard InChI is InChI=1S/C13H13BrClN5/c14-11-7-10(15)8-17-13(11)20-5-3-19(4-6-20)12-1-2-16-9-18-12/h1-2,7-9H,3-6H2. The van der Waals surface area contributed by atoms with Crippen molar-refractivity contribution in [2.75, 3.05) is 36.0 Å². The van der Waals surface area contributed by atoms with E-state index in [1.807, 2.05) is 12.1 Å². The molecule has 1 aliphatic rings. The molecular weight excluding hydrogens is 342 g/mol. The third-order valence-corrected chi connectivity index (χ3v) is 4.05. The molecule has 104 valence electrons.